The first-order valence-corrected chi connectivity index (χ1v) is 8.84. The van der Waals surface area contributed by atoms with Gasteiger partial charge in [-0.25, -0.2) is 9.78 Å². The Morgan fingerprint density at radius 2 is 1.77 bits per heavy atom. The molecule has 1 aliphatic heterocycles. The fourth-order valence-corrected chi connectivity index (χ4v) is 2.97. The molecule has 26 heavy (non-hydrogen) atoms. The van der Waals surface area contributed by atoms with E-state index < -0.39 is 12.1 Å². The number of para-hydroxylation sites is 1. The number of piperazine rings is 1. The fraction of sp³-hybridized carbons (Fsp3) is 0.316. The number of esters is 1. The third-order valence-corrected chi connectivity index (χ3v) is 4.53. The van der Waals surface area contributed by atoms with Gasteiger partial charge >= 0.3 is 5.97 Å². The smallest absolute Gasteiger partial charge is 0.340 e. The van der Waals surface area contributed by atoms with Gasteiger partial charge in [-0.05, 0) is 31.2 Å². The number of halogens is 1. The SMILES string of the molecule is CC(OC(=O)c1ccc(Cl)nc1)C(=O)N1CCN(c2ccccc2)CC1. The van der Waals surface area contributed by atoms with Gasteiger partial charge in [-0.2, -0.15) is 0 Å². The van der Waals surface area contributed by atoms with Crippen LogP contribution in [0.3, 0.4) is 0 Å². The second-order valence-electron chi connectivity index (χ2n) is 6.07. The van der Waals surface area contributed by atoms with E-state index >= 15 is 0 Å². The number of carbonyl (C=O) groups is 2. The number of rotatable bonds is 4. The highest BCUT2D eigenvalue weighted by Crippen LogP contribution is 2.16. The second kappa shape index (κ2) is 8.19. The van der Waals surface area contributed by atoms with Crippen molar-refractivity contribution in [3.05, 3.63) is 59.4 Å². The largest absolute Gasteiger partial charge is 0.449 e. The number of aromatic nitrogens is 1. The number of carbonyl (C=O) groups excluding carboxylic acids is 2. The van der Waals surface area contributed by atoms with Crippen molar-refractivity contribution in [3.63, 3.8) is 0 Å². The molecule has 1 amide bonds. The lowest BCUT2D eigenvalue weighted by atomic mass is 10.2. The molecule has 1 aromatic heterocycles. The van der Waals surface area contributed by atoms with Crippen LogP contribution in [0.1, 0.15) is 17.3 Å². The zero-order valence-corrected chi connectivity index (χ0v) is 15.2. The van der Waals surface area contributed by atoms with Crippen LogP contribution in [-0.2, 0) is 9.53 Å². The maximum Gasteiger partial charge on any atom is 0.340 e. The predicted octanol–water partition coefficient (Wildman–Crippen LogP) is 2.63. The number of hydrogen-bond acceptors (Lipinski definition) is 5. The van der Waals surface area contributed by atoms with Gasteiger partial charge in [0.1, 0.15) is 5.15 Å². The van der Waals surface area contributed by atoms with Crippen LogP contribution in [0.15, 0.2) is 48.7 Å². The minimum absolute atomic E-state index is 0.187. The van der Waals surface area contributed by atoms with Crippen molar-refractivity contribution in [3.8, 4) is 0 Å². The van der Waals surface area contributed by atoms with Gasteiger partial charge in [0.15, 0.2) is 6.10 Å². The van der Waals surface area contributed by atoms with Crippen molar-refractivity contribution < 1.29 is 14.3 Å². The number of anilines is 1. The summed E-state index contributed by atoms with van der Waals surface area (Å²) < 4.78 is 5.28. The van der Waals surface area contributed by atoms with E-state index in [1.54, 1.807) is 11.8 Å². The lowest BCUT2D eigenvalue weighted by molar-refractivity contribution is -0.140. The highest BCUT2D eigenvalue weighted by atomic mass is 35.5. The van der Waals surface area contributed by atoms with E-state index in [1.807, 2.05) is 18.2 Å². The Hall–Kier alpha value is -2.60. The summed E-state index contributed by atoms with van der Waals surface area (Å²) in [6.45, 7) is 4.28. The molecule has 2 aromatic rings. The molecule has 3 rings (SSSR count). The van der Waals surface area contributed by atoms with Crippen LogP contribution in [0.2, 0.25) is 5.15 Å². The van der Waals surface area contributed by atoms with Crippen LogP contribution in [0.4, 0.5) is 5.69 Å². The first-order valence-electron chi connectivity index (χ1n) is 8.46. The molecule has 0 aliphatic carbocycles. The van der Waals surface area contributed by atoms with Crippen molar-refractivity contribution in [1.29, 1.82) is 0 Å². The summed E-state index contributed by atoms with van der Waals surface area (Å²) in [5.41, 5.74) is 1.41. The van der Waals surface area contributed by atoms with E-state index in [1.165, 1.54) is 18.3 Å². The second-order valence-corrected chi connectivity index (χ2v) is 6.45. The van der Waals surface area contributed by atoms with Gasteiger partial charge in [0.25, 0.3) is 5.91 Å². The summed E-state index contributed by atoms with van der Waals surface area (Å²) in [5, 5.41) is 0.293. The Morgan fingerprint density at radius 3 is 2.38 bits per heavy atom. The molecule has 2 heterocycles. The zero-order chi connectivity index (χ0) is 18.5. The van der Waals surface area contributed by atoms with E-state index in [-0.39, 0.29) is 11.5 Å². The summed E-state index contributed by atoms with van der Waals surface area (Å²) in [5.74, 6) is -0.772. The van der Waals surface area contributed by atoms with E-state index in [4.69, 9.17) is 16.3 Å². The molecular formula is C19H20ClN3O3. The summed E-state index contributed by atoms with van der Waals surface area (Å²) >= 11 is 5.70. The van der Waals surface area contributed by atoms with Crippen molar-refractivity contribution in [1.82, 2.24) is 9.88 Å². The van der Waals surface area contributed by atoms with Gasteiger partial charge in [0, 0.05) is 38.1 Å². The number of benzene rings is 1. The molecule has 1 aromatic carbocycles. The molecule has 0 radical (unpaired) electrons. The molecule has 0 saturated carbocycles. The average Bonchev–Trinajstić information content (AvgIpc) is 2.68. The third kappa shape index (κ3) is 4.32. The molecule has 1 atom stereocenters. The minimum Gasteiger partial charge on any atom is -0.449 e. The monoisotopic (exact) mass is 373 g/mol. The topological polar surface area (TPSA) is 62.7 Å². The number of hydrogen-bond donors (Lipinski definition) is 0. The number of amides is 1. The number of nitrogens with zero attached hydrogens (tertiary/aromatic N) is 3. The molecule has 6 nitrogen and oxygen atoms in total. The van der Waals surface area contributed by atoms with Crippen molar-refractivity contribution >= 4 is 29.2 Å². The lowest BCUT2D eigenvalue weighted by Gasteiger charge is -2.37. The maximum atomic E-state index is 12.6. The van der Waals surface area contributed by atoms with Gasteiger partial charge in [0.05, 0.1) is 5.56 Å². The summed E-state index contributed by atoms with van der Waals surface area (Å²) in [6.07, 6.45) is 0.488. The van der Waals surface area contributed by atoms with E-state index in [0.29, 0.717) is 18.2 Å². The zero-order valence-electron chi connectivity index (χ0n) is 14.5. The molecule has 1 saturated heterocycles. The van der Waals surface area contributed by atoms with Crippen LogP contribution >= 0.6 is 11.6 Å². The molecule has 1 fully saturated rings. The Kier molecular flexibility index (Phi) is 5.73. The highest BCUT2D eigenvalue weighted by Gasteiger charge is 2.27. The van der Waals surface area contributed by atoms with Crippen molar-refractivity contribution in [2.45, 2.75) is 13.0 Å². The normalized spacial score (nSPS) is 15.5. The van der Waals surface area contributed by atoms with Gasteiger partial charge in [0.2, 0.25) is 0 Å². The van der Waals surface area contributed by atoms with Gasteiger partial charge in [-0.3, -0.25) is 4.79 Å². The standard InChI is InChI=1S/C19H20ClN3O3/c1-14(26-19(25)15-7-8-17(20)21-13-15)18(24)23-11-9-22(10-12-23)16-5-3-2-4-6-16/h2-8,13-14H,9-12H2,1H3. The summed E-state index contributed by atoms with van der Waals surface area (Å²) in [7, 11) is 0. The summed E-state index contributed by atoms with van der Waals surface area (Å²) in [6, 6.07) is 13.1. The fourth-order valence-electron chi connectivity index (χ4n) is 2.86. The molecule has 0 bridgehead atoms. The quantitative estimate of drug-likeness (QED) is 0.609. The van der Waals surface area contributed by atoms with Gasteiger partial charge < -0.3 is 14.5 Å². The molecule has 136 valence electrons. The van der Waals surface area contributed by atoms with E-state index in [9.17, 15) is 9.59 Å². The molecule has 0 N–H and O–H groups in total. The summed E-state index contributed by atoms with van der Waals surface area (Å²) in [4.78, 5) is 32.5. The van der Waals surface area contributed by atoms with Gasteiger partial charge in [-0.1, -0.05) is 29.8 Å². The van der Waals surface area contributed by atoms with Crippen LogP contribution in [0.25, 0.3) is 0 Å². The Morgan fingerprint density at radius 1 is 1.08 bits per heavy atom. The van der Waals surface area contributed by atoms with Crippen molar-refractivity contribution in [2.24, 2.45) is 0 Å². The number of pyridine rings is 1. The molecule has 1 aliphatic rings. The molecular weight excluding hydrogens is 354 g/mol. The van der Waals surface area contributed by atoms with E-state index in [0.717, 1.165) is 18.8 Å². The Labute approximate surface area is 157 Å². The van der Waals surface area contributed by atoms with Crippen molar-refractivity contribution in [2.75, 3.05) is 31.1 Å². The van der Waals surface area contributed by atoms with Crippen LogP contribution in [0.5, 0.6) is 0 Å². The third-order valence-electron chi connectivity index (χ3n) is 4.31. The van der Waals surface area contributed by atoms with Crippen LogP contribution in [-0.4, -0.2) is 54.0 Å². The van der Waals surface area contributed by atoms with Gasteiger partial charge in [-0.15, -0.1) is 0 Å². The highest BCUT2D eigenvalue weighted by molar-refractivity contribution is 6.29. The Bertz CT molecular complexity index is 759. The number of ether oxygens (including phenoxy) is 1. The first-order chi connectivity index (χ1) is 12.5. The average molecular weight is 374 g/mol. The first kappa shape index (κ1) is 18.2. The molecule has 1 unspecified atom stereocenters. The van der Waals surface area contributed by atoms with Crippen LogP contribution < -0.4 is 4.90 Å². The lowest BCUT2D eigenvalue weighted by Crippen LogP contribution is -2.51. The van der Waals surface area contributed by atoms with E-state index in [2.05, 4.69) is 22.0 Å². The minimum atomic E-state index is -0.846. The van der Waals surface area contributed by atoms with Crippen LogP contribution in [0, 0.1) is 0 Å². The Balaban J connectivity index is 1.53. The molecule has 7 heteroatoms. The maximum absolute atomic E-state index is 12.6. The predicted molar refractivity (Wildman–Crippen MR) is 99.4 cm³/mol. The molecule has 0 spiro atoms.